The van der Waals surface area contributed by atoms with Crippen molar-refractivity contribution in [2.45, 2.75) is 225 Å². The molecule has 13 nitrogen and oxygen atoms in total. The molecule has 4 aromatic rings. The molecule has 0 spiro atoms. The number of nitrogens with one attached hydrogen (secondary N) is 1. The molecule has 3 amide bonds. The van der Waals surface area contributed by atoms with Crippen molar-refractivity contribution in [1.82, 2.24) is 25.1 Å². The Morgan fingerprint density at radius 2 is 0.988 bits per heavy atom. The van der Waals surface area contributed by atoms with Gasteiger partial charge < -0.3 is 35.4 Å². The number of hydrogen-bond donors (Lipinski definition) is 3. The minimum Gasteiger partial charge on any atom is -0.478 e. The number of ether oxygens (including phenoxy) is 2. The highest BCUT2D eigenvalue weighted by molar-refractivity contribution is 5.94. The summed E-state index contributed by atoms with van der Waals surface area (Å²) in [6, 6.07) is 30.4. The Morgan fingerprint density at radius 3 is 1.35 bits per heavy atom. The Bertz CT molecular complexity index is 2790. The number of benzene rings is 2. The average molecular weight is 1150 g/mol. The van der Waals surface area contributed by atoms with Crippen LogP contribution in [0.3, 0.4) is 0 Å². The Balaban J connectivity index is 0.000000180. The molecule has 8 bridgehead atoms. The number of aromatic nitrogens is 2. The first kappa shape index (κ1) is 62.7. The van der Waals surface area contributed by atoms with Crippen molar-refractivity contribution >= 4 is 24.1 Å². The molecule has 458 valence electrons. The maximum Gasteiger partial charge on any atom is 0.410 e. The molecule has 10 aliphatic rings. The molecule has 2 saturated heterocycles. The lowest BCUT2D eigenvalue weighted by molar-refractivity contribution is -0.0762. The molecule has 4 N–H and O–H groups in total. The lowest BCUT2D eigenvalue weighted by Gasteiger charge is -2.63. The van der Waals surface area contributed by atoms with Gasteiger partial charge in [-0.2, -0.15) is 0 Å². The first-order valence-corrected chi connectivity index (χ1v) is 31.5. The number of piperidine rings is 2. The summed E-state index contributed by atoms with van der Waals surface area (Å²) in [7, 11) is 0. The summed E-state index contributed by atoms with van der Waals surface area (Å²) in [6.45, 7) is 16.2. The fraction of sp³-hybridized carbons (Fsp3) is 0.634. The molecule has 8 saturated carbocycles. The fourth-order valence-corrected chi connectivity index (χ4v) is 17.2. The highest BCUT2D eigenvalue weighted by Crippen LogP contribution is 2.68. The molecule has 84 heavy (non-hydrogen) atoms. The predicted octanol–water partition coefficient (Wildman–Crippen LogP) is 14.9. The highest BCUT2D eigenvalue weighted by Gasteiger charge is 2.59. The number of hydrogen-bond acceptors (Lipinski definition) is 9. The van der Waals surface area contributed by atoms with Gasteiger partial charge in [0.25, 0.3) is 5.91 Å². The van der Waals surface area contributed by atoms with E-state index in [1.54, 1.807) is 40.1 Å². The van der Waals surface area contributed by atoms with Crippen molar-refractivity contribution in [1.29, 1.82) is 0 Å². The first-order valence-electron chi connectivity index (χ1n) is 32.2. The number of pyridine rings is 2. The van der Waals surface area contributed by atoms with E-state index >= 15 is 0 Å². The van der Waals surface area contributed by atoms with E-state index in [0.717, 1.165) is 86.7 Å². The van der Waals surface area contributed by atoms with E-state index < -0.39 is 17.2 Å². The second-order valence-corrected chi connectivity index (χ2v) is 28.6. The zero-order valence-electron chi connectivity index (χ0n) is 52.1. The largest absolute Gasteiger partial charge is 0.478 e. The predicted molar refractivity (Wildman–Crippen MR) is 334 cm³/mol. The number of aryl methyl sites for hydroxylation is 2. The molecule has 0 radical (unpaired) electrons. The van der Waals surface area contributed by atoms with Crippen molar-refractivity contribution in [3.8, 4) is 0 Å². The maximum atomic E-state index is 12.9. The van der Waals surface area contributed by atoms with E-state index in [1.807, 2.05) is 59.7 Å². The summed E-state index contributed by atoms with van der Waals surface area (Å²) in [5.74, 6) is 2.52. The fourth-order valence-electron chi connectivity index (χ4n) is 17.2. The first-order chi connectivity index (χ1) is 40.0. The van der Waals surface area contributed by atoms with Crippen LogP contribution in [-0.4, -0.2) is 98.4 Å². The van der Waals surface area contributed by atoms with Crippen molar-refractivity contribution in [3.63, 3.8) is 0 Å². The van der Waals surface area contributed by atoms with Crippen molar-refractivity contribution in [2.24, 2.45) is 40.2 Å². The quantitative estimate of drug-likeness (QED) is 0.131. The van der Waals surface area contributed by atoms with Gasteiger partial charge in [0.1, 0.15) is 11.2 Å². The molecule has 2 aromatic heterocycles. The van der Waals surface area contributed by atoms with Gasteiger partial charge in [0.15, 0.2) is 0 Å². The second kappa shape index (κ2) is 26.8. The summed E-state index contributed by atoms with van der Waals surface area (Å²) < 4.78 is 16.9. The molecule has 4 unspecified atom stereocenters. The van der Waals surface area contributed by atoms with Crippen molar-refractivity contribution in [3.05, 3.63) is 131 Å². The van der Waals surface area contributed by atoms with E-state index in [2.05, 4.69) is 71.0 Å². The Hall–Kier alpha value is -5.82. The maximum absolute atomic E-state index is 12.9. The van der Waals surface area contributed by atoms with Gasteiger partial charge in [-0.3, -0.25) is 14.8 Å². The van der Waals surface area contributed by atoms with Gasteiger partial charge in [-0.25, -0.2) is 14.4 Å². The summed E-state index contributed by atoms with van der Waals surface area (Å²) in [5.41, 5.74) is 12.6. The molecule has 2 aromatic carbocycles. The third-order valence-corrected chi connectivity index (χ3v) is 19.8. The van der Waals surface area contributed by atoms with Crippen LogP contribution in [0.15, 0.2) is 97.3 Å². The topological polar surface area (TPSA) is 177 Å². The number of nitrogens with zero attached hydrogens (tertiary/aromatic N) is 4. The molecule has 8 aliphatic carbocycles. The van der Waals surface area contributed by atoms with Crippen molar-refractivity contribution < 1.29 is 35.1 Å². The Labute approximate surface area is 504 Å². The van der Waals surface area contributed by atoms with Crippen LogP contribution in [0.1, 0.15) is 223 Å². The van der Waals surface area contributed by atoms with Crippen LogP contribution >= 0.6 is 0 Å². The number of carboxylic acid groups (broad SMARTS) is 1. The third kappa shape index (κ3) is 16.0. The van der Waals surface area contributed by atoms with Gasteiger partial charge >= 0.3 is 18.2 Å². The van der Waals surface area contributed by atoms with Crippen LogP contribution in [0.25, 0.3) is 0 Å². The summed E-state index contributed by atoms with van der Waals surface area (Å²) in [6.07, 6.45) is 26.8. The SMILES string of the molecule is C.CC(C)(C)OC(=O)N1CCC(N)CC1.CC(C)(C)OC(=O)N1CCC(NC(=O)c2ccc(CCC34CC5CC(C3)CC(c3ccccc3)(C5)C4)nc2)CC1.O=C(O)c1ccc(CCC23CC4CC(C2)CC(c2ccccc2)(C4)C3)nc1.[2H]CC. The lowest BCUT2D eigenvalue weighted by Crippen LogP contribution is -2.54. The number of rotatable bonds is 11. The van der Waals surface area contributed by atoms with Crippen LogP contribution in [0.5, 0.6) is 0 Å². The van der Waals surface area contributed by atoms with E-state index in [1.165, 1.54) is 96.1 Å². The van der Waals surface area contributed by atoms with Gasteiger partial charge in [-0.05, 0) is 251 Å². The molecular weight excluding hydrogens is 1050 g/mol. The standard InChI is InChI=1S/C34H45N3O3.C24H27NO2.C10H20N2O2.C2H6.CH4/c1-32(2,3)40-31(39)37-15-12-29(13-16-37)36-30(38)26-9-10-28(35-22-26)11-14-33-18-24-17-25(19-33)21-34(20-24,23-33)27-7-5-4-6-8-27;26-22(27)19-6-7-21(25-15-19)8-9-23-11-17-10-18(12-23)14-24(13-17,16-23)20-4-2-1-3-5-20;1-10(2,3)14-9(13)12-6-4-8(11)5-7-12;1-2;/h4-10,22,24-25,29H,11-21,23H2,1-3H3,(H,36,38);1-7,15,17-18H,8-14,16H2,(H,26,27);8H,4-7,11H2,1-3H3;1-2H3;1H4/i;;;1D;. The summed E-state index contributed by atoms with van der Waals surface area (Å²) in [5, 5.41) is 12.2. The van der Waals surface area contributed by atoms with Crippen molar-refractivity contribution in [2.75, 3.05) is 26.2 Å². The zero-order chi connectivity index (χ0) is 59.9. The van der Waals surface area contributed by atoms with Crippen LogP contribution in [0.2, 0.25) is 0 Å². The Kier molecular flexibility index (Phi) is 20.0. The van der Waals surface area contributed by atoms with Gasteiger partial charge in [0.05, 0.1) is 11.1 Å². The Morgan fingerprint density at radius 1 is 0.607 bits per heavy atom. The minimum absolute atomic E-state index is 0. The number of likely N-dealkylation sites (tertiary alicyclic amines) is 2. The van der Waals surface area contributed by atoms with Gasteiger partial charge in [-0.1, -0.05) is 81.9 Å². The van der Waals surface area contributed by atoms with E-state index in [0.29, 0.717) is 47.2 Å². The van der Waals surface area contributed by atoms with E-state index in [4.69, 9.17) is 26.7 Å². The zero-order valence-corrected chi connectivity index (χ0v) is 51.1. The number of aromatic carboxylic acids is 1. The van der Waals surface area contributed by atoms with E-state index in [-0.39, 0.29) is 43.2 Å². The highest BCUT2D eigenvalue weighted by atomic mass is 16.6. The number of carbonyl (C=O) groups is 4. The lowest BCUT2D eigenvalue weighted by atomic mass is 9.42. The molecule has 4 atom stereocenters. The molecule has 14 rings (SSSR count). The molecule has 2 aliphatic heterocycles. The molecule has 13 heteroatoms. The smallest absolute Gasteiger partial charge is 0.410 e. The summed E-state index contributed by atoms with van der Waals surface area (Å²) >= 11 is 0. The third-order valence-electron chi connectivity index (χ3n) is 19.8. The summed E-state index contributed by atoms with van der Waals surface area (Å²) in [4.78, 5) is 60.5. The van der Waals surface area contributed by atoms with Gasteiger partial charge in [-0.15, -0.1) is 0 Å². The molecule has 4 heterocycles. The number of carboxylic acids is 1. The number of nitrogens with two attached hydrogens (primary N) is 1. The van der Waals surface area contributed by atoms with Gasteiger partial charge in [0, 0.05) is 63.4 Å². The second-order valence-electron chi connectivity index (χ2n) is 28.6. The number of carbonyl (C=O) groups excluding carboxylic acids is 3. The minimum atomic E-state index is -0.903. The van der Waals surface area contributed by atoms with Gasteiger partial charge in [0.2, 0.25) is 0 Å². The normalized spacial score (nSPS) is 28.6. The van der Waals surface area contributed by atoms with Crippen LogP contribution in [0, 0.1) is 34.5 Å². The van der Waals surface area contributed by atoms with Crippen LogP contribution in [0.4, 0.5) is 9.59 Å². The molecule has 10 fully saturated rings. The average Bonchev–Trinajstić information content (AvgIpc) is 0.815. The number of amides is 3. The monoisotopic (exact) mass is 1150 g/mol. The van der Waals surface area contributed by atoms with Crippen LogP contribution in [-0.2, 0) is 33.1 Å². The molecular formula is C71H102N6O7. The van der Waals surface area contributed by atoms with E-state index in [9.17, 15) is 19.2 Å². The van der Waals surface area contributed by atoms with Crippen LogP contribution < -0.4 is 11.1 Å².